The summed E-state index contributed by atoms with van der Waals surface area (Å²) in [4.78, 5) is 50.2. The molecular formula is C21H16ClF4N3O5S. The van der Waals surface area contributed by atoms with E-state index in [1.165, 1.54) is 6.20 Å². The predicted octanol–water partition coefficient (Wildman–Crippen LogP) is 4.31. The number of nitrogens with zero attached hydrogens (tertiary/aromatic N) is 3. The molecule has 0 atom stereocenters. The lowest BCUT2D eigenvalue weighted by Gasteiger charge is -2.16. The van der Waals surface area contributed by atoms with Crippen molar-refractivity contribution in [2.75, 3.05) is 0 Å². The number of alkyl halides is 3. The minimum Gasteiger partial charge on any atom is -0.292 e. The standard InChI is InChI=1S/C21H16ClF4N3O5S/c1-4-11-5-6-27-19(34-33-10(2)30)18(11)35-15-8-14(13(23)7-12(15)22)29-17(31)9-16(21(24,25)26)28(3)20(29)32/h5-9H,4H2,1-3H3. The van der Waals surface area contributed by atoms with Crippen molar-refractivity contribution in [2.24, 2.45) is 7.05 Å². The van der Waals surface area contributed by atoms with Crippen LogP contribution < -0.4 is 16.1 Å². The fraction of sp³-hybridized carbons (Fsp3) is 0.238. The molecule has 0 fully saturated rings. The Bertz CT molecular complexity index is 1420. The molecule has 0 aliphatic heterocycles. The number of benzene rings is 1. The summed E-state index contributed by atoms with van der Waals surface area (Å²) in [6, 6.07) is 3.71. The summed E-state index contributed by atoms with van der Waals surface area (Å²) in [6.07, 6.45) is -3.09. The van der Waals surface area contributed by atoms with Gasteiger partial charge < -0.3 is 0 Å². The molecule has 14 heteroatoms. The Morgan fingerprint density at radius 1 is 1.23 bits per heavy atom. The molecule has 3 rings (SSSR count). The first kappa shape index (κ1) is 26.3. The molecule has 1 aromatic carbocycles. The number of aryl methyl sites for hydroxylation is 1. The molecule has 35 heavy (non-hydrogen) atoms. The average molecular weight is 534 g/mol. The summed E-state index contributed by atoms with van der Waals surface area (Å²) in [5, 5.41) is -0.127. The van der Waals surface area contributed by atoms with Gasteiger partial charge >= 0.3 is 17.8 Å². The monoisotopic (exact) mass is 533 g/mol. The molecule has 2 heterocycles. The third-order valence-corrected chi connectivity index (χ3v) is 6.26. The van der Waals surface area contributed by atoms with E-state index in [4.69, 9.17) is 16.5 Å². The number of aromatic nitrogens is 3. The molecule has 0 amide bonds. The molecule has 3 aromatic rings. The normalized spacial score (nSPS) is 11.4. The highest BCUT2D eigenvalue weighted by atomic mass is 35.5. The summed E-state index contributed by atoms with van der Waals surface area (Å²) in [7, 11) is 0.812. The van der Waals surface area contributed by atoms with E-state index < -0.39 is 40.6 Å². The van der Waals surface area contributed by atoms with E-state index in [0.717, 1.165) is 37.9 Å². The zero-order valence-corrected chi connectivity index (χ0v) is 19.8. The zero-order chi connectivity index (χ0) is 26.1. The Hall–Kier alpha value is -3.32. The van der Waals surface area contributed by atoms with E-state index in [1.807, 2.05) is 6.92 Å². The van der Waals surface area contributed by atoms with Crippen molar-refractivity contribution in [3.63, 3.8) is 0 Å². The van der Waals surface area contributed by atoms with Gasteiger partial charge in [0.2, 0.25) is 0 Å². The van der Waals surface area contributed by atoms with Gasteiger partial charge in [-0.1, -0.05) is 30.3 Å². The number of carbonyl (C=O) groups excluding carboxylic acids is 1. The molecule has 0 spiro atoms. The highest BCUT2D eigenvalue weighted by Crippen LogP contribution is 2.41. The highest BCUT2D eigenvalue weighted by molar-refractivity contribution is 7.99. The Morgan fingerprint density at radius 3 is 2.51 bits per heavy atom. The first-order valence-corrected chi connectivity index (χ1v) is 10.9. The van der Waals surface area contributed by atoms with Gasteiger partial charge in [0.25, 0.3) is 11.4 Å². The summed E-state index contributed by atoms with van der Waals surface area (Å²) in [5.41, 5.74) is -4.20. The van der Waals surface area contributed by atoms with Gasteiger partial charge in [0.05, 0.1) is 15.6 Å². The van der Waals surface area contributed by atoms with Crippen molar-refractivity contribution < 1.29 is 32.1 Å². The van der Waals surface area contributed by atoms with Crippen molar-refractivity contribution in [1.82, 2.24) is 14.1 Å². The Morgan fingerprint density at radius 2 is 1.91 bits per heavy atom. The maximum absolute atomic E-state index is 14.8. The van der Waals surface area contributed by atoms with E-state index in [1.54, 1.807) is 6.07 Å². The van der Waals surface area contributed by atoms with Crippen molar-refractivity contribution >= 4 is 29.3 Å². The number of pyridine rings is 1. The first-order valence-electron chi connectivity index (χ1n) is 9.75. The second kappa shape index (κ2) is 10.1. The Balaban J connectivity index is 2.17. The van der Waals surface area contributed by atoms with Crippen molar-refractivity contribution in [1.29, 1.82) is 0 Å². The van der Waals surface area contributed by atoms with Gasteiger partial charge in [0.15, 0.2) is 0 Å². The summed E-state index contributed by atoms with van der Waals surface area (Å²) < 4.78 is 54.7. The number of rotatable bonds is 6. The smallest absolute Gasteiger partial charge is 0.292 e. The predicted molar refractivity (Wildman–Crippen MR) is 117 cm³/mol. The molecule has 0 N–H and O–H groups in total. The number of hydrogen-bond acceptors (Lipinski definition) is 7. The summed E-state index contributed by atoms with van der Waals surface area (Å²) in [5.74, 6) is -1.96. The van der Waals surface area contributed by atoms with Gasteiger partial charge in [0.1, 0.15) is 11.5 Å². The summed E-state index contributed by atoms with van der Waals surface area (Å²) in [6.45, 7) is 2.93. The number of halogens is 5. The Kier molecular flexibility index (Phi) is 7.60. The van der Waals surface area contributed by atoms with Gasteiger partial charge in [0, 0.05) is 31.1 Å². The SMILES string of the molecule is CCc1ccnc(OOC(C)=O)c1Sc1cc(-n2c(=O)cc(C(F)(F)F)n(C)c2=O)c(F)cc1Cl. The lowest BCUT2D eigenvalue weighted by atomic mass is 10.2. The van der Waals surface area contributed by atoms with Crippen molar-refractivity contribution in [3.8, 4) is 11.6 Å². The van der Waals surface area contributed by atoms with Crippen LogP contribution in [0.2, 0.25) is 5.02 Å². The van der Waals surface area contributed by atoms with Crippen LogP contribution in [0.15, 0.2) is 49.8 Å². The van der Waals surface area contributed by atoms with Gasteiger partial charge in [-0.05, 0) is 30.2 Å². The van der Waals surface area contributed by atoms with Crippen molar-refractivity contribution in [2.45, 2.75) is 36.2 Å². The quantitative estimate of drug-likeness (QED) is 0.265. The fourth-order valence-electron chi connectivity index (χ4n) is 3.01. The molecule has 0 aliphatic carbocycles. The topological polar surface area (TPSA) is 92.4 Å². The van der Waals surface area contributed by atoms with Crippen molar-refractivity contribution in [3.05, 3.63) is 73.4 Å². The maximum atomic E-state index is 14.8. The van der Waals surface area contributed by atoms with Crippen LogP contribution in [0.4, 0.5) is 17.6 Å². The highest BCUT2D eigenvalue weighted by Gasteiger charge is 2.35. The van der Waals surface area contributed by atoms with Crippen LogP contribution in [0, 0.1) is 5.82 Å². The largest absolute Gasteiger partial charge is 0.431 e. The third-order valence-electron chi connectivity index (χ3n) is 4.64. The van der Waals surface area contributed by atoms with Crippen LogP contribution in [-0.4, -0.2) is 20.1 Å². The van der Waals surface area contributed by atoms with Crippen LogP contribution in [0.3, 0.4) is 0 Å². The molecule has 0 aliphatic rings. The third kappa shape index (κ3) is 5.51. The zero-order valence-electron chi connectivity index (χ0n) is 18.3. The lowest BCUT2D eigenvalue weighted by Crippen LogP contribution is -2.41. The fourth-order valence-corrected chi connectivity index (χ4v) is 4.34. The molecule has 2 aromatic heterocycles. The molecule has 186 valence electrons. The van der Waals surface area contributed by atoms with Gasteiger partial charge in [-0.25, -0.2) is 28.4 Å². The van der Waals surface area contributed by atoms with Crippen LogP contribution in [0.25, 0.3) is 5.69 Å². The molecule has 0 saturated carbocycles. The molecule has 8 nitrogen and oxygen atoms in total. The van der Waals surface area contributed by atoms with Crippen LogP contribution in [0.5, 0.6) is 5.88 Å². The minimum absolute atomic E-state index is 0.103. The van der Waals surface area contributed by atoms with E-state index in [-0.39, 0.29) is 31.0 Å². The molecule has 0 radical (unpaired) electrons. The second-order valence-corrected chi connectivity index (χ2v) is 8.45. The van der Waals surface area contributed by atoms with E-state index in [2.05, 4.69) is 9.87 Å². The van der Waals surface area contributed by atoms with E-state index in [0.29, 0.717) is 16.9 Å². The molecule has 0 bridgehead atoms. The average Bonchev–Trinajstić information content (AvgIpc) is 2.77. The number of hydrogen-bond donors (Lipinski definition) is 0. The van der Waals surface area contributed by atoms with Crippen LogP contribution in [-0.2, 0) is 29.3 Å². The molecule has 0 saturated heterocycles. The van der Waals surface area contributed by atoms with Gasteiger partial charge in [-0.2, -0.15) is 13.2 Å². The minimum atomic E-state index is -4.97. The van der Waals surface area contributed by atoms with Crippen LogP contribution in [0.1, 0.15) is 25.1 Å². The van der Waals surface area contributed by atoms with Crippen LogP contribution >= 0.6 is 23.4 Å². The van der Waals surface area contributed by atoms with Gasteiger partial charge in [-0.15, -0.1) is 0 Å². The van der Waals surface area contributed by atoms with E-state index in [9.17, 15) is 31.9 Å². The number of carbonyl (C=O) groups is 1. The van der Waals surface area contributed by atoms with Gasteiger partial charge in [-0.3, -0.25) is 14.2 Å². The molecular weight excluding hydrogens is 518 g/mol. The first-order chi connectivity index (χ1) is 16.3. The summed E-state index contributed by atoms with van der Waals surface area (Å²) >= 11 is 7.09. The maximum Gasteiger partial charge on any atom is 0.431 e. The second-order valence-electron chi connectivity index (χ2n) is 6.99. The Labute approximate surface area is 204 Å². The molecule has 0 unspecified atom stereocenters. The lowest BCUT2D eigenvalue weighted by molar-refractivity contribution is -0.213. The van der Waals surface area contributed by atoms with E-state index >= 15 is 0 Å².